The van der Waals surface area contributed by atoms with Crippen LogP contribution in [0.4, 0.5) is 17.6 Å². The zero-order valence-corrected chi connectivity index (χ0v) is 8.86. The fourth-order valence-corrected chi connectivity index (χ4v) is 0.690. The predicted octanol–water partition coefficient (Wildman–Crippen LogP) is 3.88. The molecule has 0 heterocycles. The minimum Gasteiger partial charge on any atom is -0.445 e. The van der Waals surface area contributed by atoms with Crippen LogP contribution in [0, 0.1) is 0 Å². The highest BCUT2D eigenvalue weighted by atomic mass is 19.4. The number of alkyl halides is 3. The molecule has 0 amide bonds. The minimum absolute atomic E-state index is 0.216. The van der Waals surface area contributed by atoms with Gasteiger partial charge in [-0.15, -0.1) is 0 Å². The van der Waals surface area contributed by atoms with Crippen molar-refractivity contribution in [2.75, 3.05) is 0 Å². The maximum absolute atomic E-state index is 12.8. The zero-order chi connectivity index (χ0) is 12.9. The Bertz CT molecular complexity index is 352. The lowest BCUT2D eigenvalue weighted by Crippen LogP contribution is -2.11. The van der Waals surface area contributed by atoms with Crippen molar-refractivity contribution >= 4 is 5.90 Å². The van der Waals surface area contributed by atoms with E-state index >= 15 is 0 Å². The van der Waals surface area contributed by atoms with Gasteiger partial charge in [0, 0.05) is 6.92 Å². The Morgan fingerprint density at radius 3 is 2.19 bits per heavy atom. The van der Waals surface area contributed by atoms with E-state index in [1.807, 2.05) is 0 Å². The Morgan fingerprint density at radius 1 is 1.31 bits per heavy atom. The van der Waals surface area contributed by atoms with Crippen LogP contribution in [0.3, 0.4) is 0 Å². The third kappa shape index (κ3) is 4.77. The van der Waals surface area contributed by atoms with Crippen LogP contribution in [0.25, 0.3) is 0 Å². The summed E-state index contributed by atoms with van der Waals surface area (Å²) in [6.45, 7) is 8.26. The SMILES string of the molecule is C=C/C(F)=C(\C)OC(C)=NC(=C)C(F)(F)F. The smallest absolute Gasteiger partial charge is 0.432 e. The first-order chi connectivity index (χ1) is 7.18. The van der Waals surface area contributed by atoms with Crippen LogP contribution in [0.15, 0.2) is 41.5 Å². The van der Waals surface area contributed by atoms with Gasteiger partial charge in [0.25, 0.3) is 0 Å². The topological polar surface area (TPSA) is 21.6 Å². The molecule has 0 bridgehead atoms. The summed E-state index contributed by atoms with van der Waals surface area (Å²) in [4.78, 5) is 3.04. The Kier molecular flexibility index (Phi) is 4.94. The van der Waals surface area contributed by atoms with Gasteiger partial charge < -0.3 is 4.74 Å². The average molecular weight is 237 g/mol. The molecule has 0 aliphatic heterocycles. The van der Waals surface area contributed by atoms with Crippen molar-refractivity contribution in [2.45, 2.75) is 20.0 Å². The lowest BCUT2D eigenvalue weighted by Gasteiger charge is -2.08. The summed E-state index contributed by atoms with van der Waals surface area (Å²) in [6.07, 6.45) is -3.75. The fraction of sp³-hybridized carbons (Fsp3) is 0.300. The molecule has 0 aliphatic carbocycles. The molecule has 0 aromatic heterocycles. The van der Waals surface area contributed by atoms with Gasteiger partial charge >= 0.3 is 6.18 Å². The third-order valence-corrected chi connectivity index (χ3v) is 1.44. The molecule has 0 radical (unpaired) electrons. The van der Waals surface area contributed by atoms with E-state index in [0.29, 0.717) is 0 Å². The molecule has 90 valence electrons. The Hall–Kier alpha value is -1.59. The summed E-state index contributed by atoms with van der Waals surface area (Å²) in [5, 5.41) is 0. The van der Waals surface area contributed by atoms with Gasteiger partial charge in [-0.2, -0.15) is 13.2 Å². The molecule has 6 heteroatoms. The fourth-order valence-electron chi connectivity index (χ4n) is 0.690. The molecule has 0 N–H and O–H groups in total. The lowest BCUT2D eigenvalue weighted by atomic mass is 10.4. The highest BCUT2D eigenvalue weighted by Crippen LogP contribution is 2.25. The summed E-state index contributed by atoms with van der Waals surface area (Å²) in [5.74, 6) is -1.34. The Labute approximate surface area is 90.6 Å². The first-order valence-electron chi connectivity index (χ1n) is 4.16. The normalized spacial score (nSPS) is 14.2. The van der Waals surface area contributed by atoms with Gasteiger partial charge in [0.15, 0.2) is 11.7 Å². The van der Waals surface area contributed by atoms with Crippen molar-refractivity contribution in [3.63, 3.8) is 0 Å². The molecule has 16 heavy (non-hydrogen) atoms. The van der Waals surface area contributed by atoms with Crippen LogP contribution in [0.1, 0.15) is 13.8 Å². The van der Waals surface area contributed by atoms with Gasteiger partial charge in [-0.3, -0.25) is 0 Å². The van der Waals surface area contributed by atoms with E-state index in [2.05, 4.69) is 18.2 Å². The molecule has 0 aromatic rings. The number of aliphatic imine (C=N–C) groups is 1. The minimum atomic E-state index is -4.63. The van der Waals surface area contributed by atoms with Gasteiger partial charge in [0.1, 0.15) is 11.5 Å². The van der Waals surface area contributed by atoms with E-state index in [1.54, 1.807) is 0 Å². The summed E-state index contributed by atoms with van der Waals surface area (Å²) >= 11 is 0. The number of hydrogen-bond acceptors (Lipinski definition) is 2. The van der Waals surface area contributed by atoms with Crippen molar-refractivity contribution in [1.29, 1.82) is 0 Å². The number of ether oxygens (including phenoxy) is 1. The lowest BCUT2D eigenvalue weighted by molar-refractivity contribution is -0.0920. The second-order valence-corrected chi connectivity index (χ2v) is 2.79. The van der Waals surface area contributed by atoms with Gasteiger partial charge in [-0.1, -0.05) is 13.2 Å². The number of allylic oxidation sites excluding steroid dienone is 4. The predicted molar refractivity (Wildman–Crippen MR) is 53.4 cm³/mol. The van der Waals surface area contributed by atoms with Gasteiger partial charge in [0.2, 0.25) is 0 Å². The van der Waals surface area contributed by atoms with Crippen LogP contribution >= 0.6 is 0 Å². The molecule has 0 fully saturated rings. The van der Waals surface area contributed by atoms with Gasteiger partial charge in [-0.25, -0.2) is 9.38 Å². The van der Waals surface area contributed by atoms with Crippen LogP contribution in [0.2, 0.25) is 0 Å². The van der Waals surface area contributed by atoms with E-state index in [4.69, 9.17) is 4.74 Å². The van der Waals surface area contributed by atoms with Crippen molar-refractivity contribution in [2.24, 2.45) is 4.99 Å². The summed E-state index contributed by atoms with van der Waals surface area (Å²) in [7, 11) is 0. The van der Waals surface area contributed by atoms with Crippen LogP contribution in [0.5, 0.6) is 0 Å². The Balaban J connectivity index is 4.73. The van der Waals surface area contributed by atoms with Gasteiger partial charge in [-0.05, 0) is 13.0 Å². The molecule has 2 nitrogen and oxygen atoms in total. The first-order valence-corrected chi connectivity index (χ1v) is 4.16. The maximum Gasteiger partial charge on any atom is 0.432 e. The quantitative estimate of drug-likeness (QED) is 0.240. The molecular formula is C10H11F4NO. The van der Waals surface area contributed by atoms with Crippen molar-refractivity contribution < 1.29 is 22.3 Å². The number of rotatable bonds is 3. The highest BCUT2D eigenvalue weighted by molar-refractivity contribution is 5.75. The van der Waals surface area contributed by atoms with Gasteiger partial charge in [0.05, 0.1) is 0 Å². The molecular weight excluding hydrogens is 226 g/mol. The molecule has 0 saturated carbocycles. The van der Waals surface area contributed by atoms with E-state index < -0.39 is 17.7 Å². The maximum atomic E-state index is 12.8. The van der Waals surface area contributed by atoms with Crippen LogP contribution < -0.4 is 0 Å². The zero-order valence-electron chi connectivity index (χ0n) is 8.86. The third-order valence-electron chi connectivity index (χ3n) is 1.44. The molecule has 0 spiro atoms. The summed E-state index contributed by atoms with van der Waals surface area (Å²) < 4.78 is 53.5. The van der Waals surface area contributed by atoms with E-state index in [-0.39, 0.29) is 11.7 Å². The number of halogens is 4. The second-order valence-electron chi connectivity index (χ2n) is 2.79. The van der Waals surface area contributed by atoms with E-state index in [0.717, 1.165) is 13.0 Å². The molecule has 0 atom stereocenters. The van der Waals surface area contributed by atoms with Crippen LogP contribution in [-0.2, 0) is 4.74 Å². The van der Waals surface area contributed by atoms with Crippen molar-refractivity contribution in [3.8, 4) is 0 Å². The molecule has 0 rings (SSSR count). The summed E-state index contributed by atoms with van der Waals surface area (Å²) in [6, 6.07) is 0. The van der Waals surface area contributed by atoms with Crippen molar-refractivity contribution in [3.05, 3.63) is 36.5 Å². The summed E-state index contributed by atoms with van der Waals surface area (Å²) in [5.41, 5.74) is -1.31. The average Bonchev–Trinajstić information content (AvgIpc) is 2.14. The first kappa shape index (κ1) is 14.4. The molecule has 0 unspecified atom stereocenters. The molecule has 0 saturated heterocycles. The van der Waals surface area contributed by atoms with Crippen LogP contribution in [-0.4, -0.2) is 12.1 Å². The van der Waals surface area contributed by atoms with E-state index in [9.17, 15) is 17.6 Å². The monoisotopic (exact) mass is 237 g/mol. The molecule has 0 aromatic carbocycles. The van der Waals surface area contributed by atoms with E-state index in [1.165, 1.54) is 6.92 Å². The molecule has 0 aliphatic rings. The largest absolute Gasteiger partial charge is 0.445 e. The number of hydrogen-bond donors (Lipinski definition) is 0. The number of nitrogens with zero attached hydrogens (tertiary/aromatic N) is 1. The Morgan fingerprint density at radius 2 is 1.81 bits per heavy atom. The van der Waals surface area contributed by atoms with Crippen molar-refractivity contribution in [1.82, 2.24) is 0 Å². The second kappa shape index (κ2) is 5.48. The standard InChI is InChI=1S/C10H11F4NO/c1-5-9(11)6(2)16-8(4)15-7(3)10(12,13)14/h5H,1,3H2,2,4H3/b9-6-,15-8?. The highest BCUT2D eigenvalue weighted by Gasteiger charge is 2.32.